The van der Waals surface area contributed by atoms with Gasteiger partial charge >= 0.3 is 0 Å². The smallest absolute Gasteiger partial charge is 0.0608 e. The number of nitrogens with two attached hydrogens (primary N) is 1. The largest absolute Gasteiger partial charge is 0.394 e. The van der Waals surface area contributed by atoms with E-state index in [0.717, 1.165) is 25.3 Å². The van der Waals surface area contributed by atoms with Crippen LogP contribution in [0.5, 0.6) is 0 Å². The van der Waals surface area contributed by atoms with Gasteiger partial charge in [-0.1, -0.05) is 6.92 Å². The van der Waals surface area contributed by atoms with E-state index in [4.69, 9.17) is 10.8 Å². The van der Waals surface area contributed by atoms with Crippen LogP contribution in [0.25, 0.3) is 0 Å². The lowest BCUT2D eigenvalue weighted by atomic mass is 9.96. The highest BCUT2D eigenvalue weighted by atomic mass is 16.3. The summed E-state index contributed by atoms with van der Waals surface area (Å²) in [4.78, 5) is 2.52. The lowest BCUT2D eigenvalue weighted by Crippen LogP contribution is -2.41. The van der Waals surface area contributed by atoms with Crippen molar-refractivity contribution < 1.29 is 5.11 Å². The van der Waals surface area contributed by atoms with Crippen molar-refractivity contribution in [1.82, 2.24) is 4.90 Å². The molecule has 0 saturated carbocycles. The first-order valence-corrected chi connectivity index (χ1v) is 6.15. The number of hydrogen-bond donors (Lipinski definition) is 2. The molecule has 0 aromatic heterocycles. The third kappa shape index (κ3) is 4.96. The summed E-state index contributed by atoms with van der Waals surface area (Å²) in [7, 11) is 0. The lowest BCUT2D eigenvalue weighted by Gasteiger charge is -2.31. The number of aliphatic hydroxyl groups excluding tert-OH is 1. The van der Waals surface area contributed by atoms with Crippen LogP contribution < -0.4 is 5.73 Å². The molecule has 1 fully saturated rings. The van der Waals surface area contributed by atoms with E-state index >= 15 is 0 Å². The first kappa shape index (κ1) is 12.9. The second-order valence-electron chi connectivity index (χ2n) is 5.44. The molecule has 1 saturated heterocycles. The second-order valence-corrected chi connectivity index (χ2v) is 5.44. The SMILES string of the molecule is CC1CCN(CCCC(C)(N)CO)CC1. The molecule has 3 nitrogen and oxygen atoms in total. The van der Waals surface area contributed by atoms with E-state index in [2.05, 4.69) is 11.8 Å². The second kappa shape index (κ2) is 5.83. The van der Waals surface area contributed by atoms with Crippen molar-refractivity contribution >= 4 is 0 Å². The third-order valence-corrected chi connectivity index (χ3v) is 3.46. The molecule has 0 aromatic carbocycles. The maximum absolute atomic E-state index is 9.03. The number of aliphatic hydroxyl groups is 1. The summed E-state index contributed by atoms with van der Waals surface area (Å²) >= 11 is 0. The van der Waals surface area contributed by atoms with Crippen molar-refractivity contribution in [3.8, 4) is 0 Å². The summed E-state index contributed by atoms with van der Waals surface area (Å²) in [6.07, 6.45) is 4.68. The Bertz CT molecular complexity index is 174. The molecule has 1 heterocycles. The van der Waals surface area contributed by atoms with Crippen molar-refractivity contribution in [2.24, 2.45) is 11.7 Å². The van der Waals surface area contributed by atoms with Crippen molar-refractivity contribution in [2.45, 2.75) is 45.1 Å². The van der Waals surface area contributed by atoms with Gasteiger partial charge in [-0.15, -0.1) is 0 Å². The van der Waals surface area contributed by atoms with E-state index in [1.54, 1.807) is 0 Å². The first-order chi connectivity index (χ1) is 7.03. The number of likely N-dealkylation sites (tertiary alicyclic amines) is 1. The lowest BCUT2D eigenvalue weighted by molar-refractivity contribution is 0.167. The topological polar surface area (TPSA) is 49.5 Å². The summed E-state index contributed by atoms with van der Waals surface area (Å²) in [6.45, 7) is 7.96. The Morgan fingerprint density at radius 2 is 2.00 bits per heavy atom. The Morgan fingerprint density at radius 3 is 2.53 bits per heavy atom. The number of rotatable bonds is 5. The first-order valence-electron chi connectivity index (χ1n) is 6.15. The molecule has 3 N–H and O–H groups in total. The maximum Gasteiger partial charge on any atom is 0.0608 e. The zero-order valence-electron chi connectivity index (χ0n) is 10.2. The fourth-order valence-corrected chi connectivity index (χ4v) is 2.07. The predicted molar refractivity (Wildman–Crippen MR) is 63.8 cm³/mol. The van der Waals surface area contributed by atoms with Gasteiger partial charge in [-0.25, -0.2) is 0 Å². The summed E-state index contributed by atoms with van der Waals surface area (Å²) in [5, 5.41) is 9.03. The Morgan fingerprint density at radius 1 is 1.40 bits per heavy atom. The van der Waals surface area contributed by atoms with Crippen LogP contribution in [0.2, 0.25) is 0 Å². The van der Waals surface area contributed by atoms with E-state index in [9.17, 15) is 0 Å². The number of nitrogens with zero attached hydrogens (tertiary/aromatic N) is 1. The average molecular weight is 214 g/mol. The monoisotopic (exact) mass is 214 g/mol. The Hall–Kier alpha value is -0.120. The third-order valence-electron chi connectivity index (χ3n) is 3.46. The summed E-state index contributed by atoms with van der Waals surface area (Å²) in [5.74, 6) is 0.901. The molecule has 0 aromatic rings. The molecule has 0 amide bonds. The zero-order chi connectivity index (χ0) is 11.3. The van der Waals surface area contributed by atoms with Gasteiger partial charge in [0.25, 0.3) is 0 Å². The summed E-state index contributed by atoms with van der Waals surface area (Å²) in [6, 6.07) is 0. The normalized spacial score (nSPS) is 24.0. The van der Waals surface area contributed by atoms with Gasteiger partial charge in [0.2, 0.25) is 0 Å². The number of piperidine rings is 1. The van der Waals surface area contributed by atoms with E-state index in [0.29, 0.717) is 0 Å². The molecular weight excluding hydrogens is 188 g/mol. The molecule has 0 radical (unpaired) electrons. The van der Waals surface area contributed by atoms with Crippen LogP contribution in [0, 0.1) is 5.92 Å². The molecule has 1 atom stereocenters. The maximum atomic E-state index is 9.03. The van der Waals surface area contributed by atoms with Crippen molar-refractivity contribution in [3.63, 3.8) is 0 Å². The number of hydrogen-bond acceptors (Lipinski definition) is 3. The molecule has 0 spiro atoms. The van der Waals surface area contributed by atoms with Gasteiger partial charge < -0.3 is 15.7 Å². The van der Waals surface area contributed by atoms with E-state index in [1.807, 2.05) is 6.92 Å². The van der Waals surface area contributed by atoms with Crippen LogP contribution in [0.15, 0.2) is 0 Å². The van der Waals surface area contributed by atoms with Crippen LogP contribution in [-0.4, -0.2) is 41.8 Å². The molecule has 0 bridgehead atoms. The van der Waals surface area contributed by atoms with Gasteiger partial charge in [-0.3, -0.25) is 0 Å². The zero-order valence-corrected chi connectivity index (χ0v) is 10.2. The van der Waals surface area contributed by atoms with Gasteiger partial charge in [-0.2, -0.15) is 0 Å². The Labute approximate surface area is 93.6 Å². The molecule has 1 aliphatic rings. The fourth-order valence-electron chi connectivity index (χ4n) is 2.07. The Kier molecular flexibility index (Phi) is 5.03. The fraction of sp³-hybridized carbons (Fsp3) is 1.00. The van der Waals surface area contributed by atoms with Gasteiger partial charge in [-0.05, 0) is 58.2 Å². The molecule has 0 aliphatic carbocycles. The van der Waals surface area contributed by atoms with Crippen molar-refractivity contribution in [3.05, 3.63) is 0 Å². The van der Waals surface area contributed by atoms with Gasteiger partial charge in [0, 0.05) is 5.54 Å². The average Bonchev–Trinajstić information content (AvgIpc) is 2.21. The quantitative estimate of drug-likeness (QED) is 0.723. The Balaban J connectivity index is 2.10. The minimum Gasteiger partial charge on any atom is -0.394 e. The van der Waals surface area contributed by atoms with Crippen LogP contribution in [-0.2, 0) is 0 Å². The van der Waals surface area contributed by atoms with Crippen LogP contribution in [0.1, 0.15) is 39.5 Å². The minimum atomic E-state index is -0.386. The van der Waals surface area contributed by atoms with E-state index in [-0.39, 0.29) is 12.1 Å². The highest BCUT2D eigenvalue weighted by molar-refractivity contribution is 4.78. The van der Waals surface area contributed by atoms with Crippen molar-refractivity contribution in [1.29, 1.82) is 0 Å². The predicted octanol–water partition coefficient (Wildman–Crippen LogP) is 1.21. The van der Waals surface area contributed by atoms with Gasteiger partial charge in [0.15, 0.2) is 0 Å². The summed E-state index contributed by atoms with van der Waals surface area (Å²) in [5.41, 5.74) is 5.50. The van der Waals surface area contributed by atoms with Gasteiger partial charge in [0.05, 0.1) is 6.61 Å². The molecular formula is C12H26N2O. The molecule has 1 aliphatic heterocycles. The van der Waals surface area contributed by atoms with E-state index in [1.165, 1.54) is 25.9 Å². The molecule has 1 unspecified atom stereocenters. The van der Waals surface area contributed by atoms with Crippen LogP contribution in [0.3, 0.4) is 0 Å². The highest BCUT2D eigenvalue weighted by Crippen LogP contribution is 2.17. The van der Waals surface area contributed by atoms with Crippen LogP contribution >= 0.6 is 0 Å². The van der Waals surface area contributed by atoms with E-state index < -0.39 is 0 Å². The highest BCUT2D eigenvalue weighted by Gasteiger charge is 2.19. The van der Waals surface area contributed by atoms with Crippen molar-refractivity contribution in [2.75, 3.05) is 26.2 Å². The molecule has 1 rings (SSSR count). The standard InChI is InChI=1S/C12H26N2O/c1-11-4-8-14(9-5-11)7-3-6-12(2,13)10-15/h11,15H,3-10,13H2,1-2H3. The van der Waals surface area contributed by atoms with Crippen LogP contribution in [0.4, 0.5) is 0 Å². The molecule has 15 heavy (non-hydrogen) atoms. The minimum absolute atomic E-state index is 0.0873. The molecule has 90 valence electrons. The van der Waals surface area contributed by atoms with Gasteiger partial charge in [0.1, 0.15) is 0 Å². The molecule has 3 heteroatoms. The summed E-state index contributed by atoms with van der Waals surface area (Å²) < 4.78 is 0.